The highest BCUT2D eigenvalue weighted by molar-refractivity contribution is 9.10. The van der Waals surface area contributed by atoms with E-state index < -0.39 is 0 Å². The van der Waals surface area contributed by atoms with Crippen LogP contribution in [0.5, 0.6) is 0 Å². The summed E-state index contributed by atoms with van der Waals surface area (Å²) >= 11 is 28.5. The SMILES string of the molecule is S=c1n(-c2ccc(Cl)cc2)c2nc3ccccc3nc(/c2=N\Nc2cc(Cl)ccc2Cl)n1-c1ccc(Br)cc1. The predicted octanol–water partition coefficient (Wildman–Crippen LogP) is 8.74. The average Bonchev–Trinajstić information content (AvgIpc) is 3.05. The van der Waals surface area contributed by atoms with Crippen LogP contribution in [0, 0.1) is 4.77 Å². The molecule has 0 fully saturated rings. The van der Waals surface area contributed by atoms with Crippen LogP contribution in [0.1, 0.15) is 0 Å². The molecule has 4 aromatic carbocycles. The minimum Gasteiger partial charge on any atom is -0.276 e. The van der Waals surface area contributed by atoms with Gasteiger partial charge in [-0.25, -0.2) is 9.97 Å². The molecule has 0 aliphatic rings. The normalized spacial score (nSPS) is 11.8. The first-order valence-corrected chi connectivity index (χ1v) is 13.9. The van der Waals surface area contributed by atoms with Gasteiger partial charge >= 0.3 is 0 Å². The van der Waals surface area contributed by atoms with Crippen molar-refractivity contribution in [2.45, 2.75) is 0 Å². The molecule has 6 aromatic rings. The van der Waals surface area contributed by atoms with Gasteiger partial charge in [-0.15, -0.1) is 0 Å². The van der Waals surface area contributed by atoms with Gasteiger partial charge < -0.3 is 0 Å². The molecule has 0 amide bonds. The van der Waals surface area contributed by atoms with Crippen molar-refractivity contribution in [3.05, 3.63) is 121 Å². The Bertz CT molecular complexity index is 1890. The van der Waals surface area contributed by atoms with E-state index in [-0.39, 0.29) is 0 Å². The minimum atomic E-state index is 0.449. The number of rotatable bonds is 4. The highest BCUT2D eigenvalue weighted by Crippen LogP contribution is 2.26. The van der Waals surface area contributed by atoms with Crippen LogP contribution in [0.4, 0.5) is 5.69 Å². The van der Waals surface area contributed by atoms with E-state index in [0.717, 1.165) is 15.8 Å². The second kappa shape index (κ2) is 10.7. The number of para-hydroxylation sites is 2. The molecule has 1 N–H and O–H groups in total. The van der Waals surface area contributed by atoms with Gasteiger partial charge in [-0.2, -0.15) is 5.10 Å². The lowest BCUT2D eigenvalue weighted by molar-refractivity contribution is 0.886. The number of fused-ring (bicyclic) bond motifs is 3. The third-order valence-corrected chi connectivity index (χ3v) is 7.66. The molecule has 0 atom stereocenters. The van der Waals surface area contributed by atoms with Gasteiger partial charge in [0.05, 0.1) is 33.1 Å². The Kier molecular flexibility index (Phi) is 7.14. The molecule has 2 aromatic heterocycles. The molecule has 0 radical (unpaired) electrons. The monoisotopic (exact) mass is 652 g/mol. The van der Waals surface area contributed by atoms with Crippen LogP contribution in [0.2, 0.25) is 15.1 Å². The summed E-state index contributed by atoms with van der Waals surface area (Å²) in [6, 6.07) is 27.9. The number of aromatic nitrogens is 4. The number of hydrogen-bond acceptors (Lipinski definition) is 5. The standard InChI is InChI=1S/C28H16BrCl3N6S/c29-16-5-10-19(11-6-16)37-26-25(36-35-24-15-18(31)9-14-21(24)32)27(34-23-4-2-1-3-22(23)33-26)38(28(37)39)20-12-7-17(30)8-13-20/h1-15,35H/b36-25+. The van der Waals surface area contributed by atoms with Crippen LogP contribution in [0.25, 0.3) is 33.7 Å². The Morgan fingerprint density at radius 1 is 0.718 bits per heavy atom. The summed E-state index contributed by atoms with van der Waals surface area (Å²) < 4.78 is 5.11. The smallest absolute Gasteiger partial charge is 0.192 e. The fourth-order valence-electron chi connectivity index (χ4n) is 4.13. The van der Waals surface area contributed by atoms with Crippen LogP contribution in [-0.2, 0) is 0 Å². The highest BCUT2D eigenvalue weighted by atomic mass is 79.9. The fourth-order valence-corrected chi connectivity index (χ4v) is 5.23. The molecule has 0 aliphatic heterocycles. The van der Waals surface area contributed by atoms with E-state index in [1.807, 2.05) is 69.8 Å². The van der Waals surface area contributed by atoms with Gasteiger partial charge in [-0.05, 0) is 91.1 Å². The second-order valence-corrected chi connectivity index (χ2v) is 11.0. The van der Waals surface area contributed by atoms with Gasteiger partial charge in [-0.1, -0.05) is 62.9 Å². The van der Waals surface area contributed by atoms with E-state index in [2.05, 4.69) is 21.4 Å². The number of nitrogens with one attached hydrogen (secondary N) is 1. The van der Waals surface area contributed by atoms with Crippen molar-refractivity contribution in [2.24, 2.45) is 5.10 Å². The number of hydrogen-bond donors (Lipinski definition) is 1. The largest absolute Gasteiger partial charge is 0.276 e. The molecule has 0 saturated heterocycles. The van der Waals surface area contributed by atoms with Crippen molar-refractivity contribution in [3.8, 4) is 11.4 Å². The summed E-state index contributed by atoms with van der Waals surface area (Å²) in [5.41, 5.74) is 7.51. The number of benzene rings is 4. The molecule has 192 valence electrons. The van der Waals surface area contributed by atoms with Crippen molar-refractivity contribution in [2.75, 3.05) is 5.43 Å². The topological polar surface area (TPSA) is 60.0 Å². The zero-order valence-corrected chi connectivity index (χ0v) is 24.5. The van der Waals surface area contributed by atoms with Crippen LogP contribution < -0.4 is 10.8 Å². The number of halogens is 4. The maximum absolute atomic E-state index is 6.43. The fraction of sp³-hybridized carbons (Fsp3) is 0. The number of nitrogens with zero attached hydrogens (tertiary/aromatic N) is 5. The third-order valence-electron chi connectivity index (χ3n) is 5.95. The molecule has 2 bridgehead atoms. The van der Waals surface area contributed by atoms with E-state index >= 15 is 0 Å². The van der Waals surface area contributed by atoms with Gasteiger partial charge in [-0.3, -0.25) is 14.6 Å². The molecule has 0 aliphatic carbocycles. The molecule has 6 rings (SSSR count). The molecule has 0 saturated carbocycles. The van der Waals surface area contributed by atoms with E-state index in [9.17, 15) is 0 Å². The Morgan fingerprint density at radius 3 is 1.85 bits per heavy atom. The predicted molar refractivity (Wildman–Crippen MR) is 165 cm³/mol. The molecular formula is C28H16BrCl3N6S. The summed E-state index contributed by atoms with van der Waals surface area (Å²) in [5, 5.41) is 6.83. The molecule has 0 spiro atoms. The minimum absolute atomic E-state index is 0.449. The van der Waals surface area contributed by atoms with Crippen LogP contribution in [0.3, 0.4) is 0 Å². The van der Waals surface area contributed by atoms with Crippen LogP contribution >= 0.6 is 63.0 Å². The van der Waals surface area contributed by atoms with E-state index in [1.54, 1.807) is 30.3 Å². The lowest BCUT2D eigenvalue weighted by Gasteiger charge is -2.16. The lowest BCUT2D eigenvalue weighted by Crippen LogP contribution is -2.23. The summed E-state index contributed by atoms with van der Waals surface area (Å²) in [4.78, 5) is 10.0. The van der Waals surface area contributed by atoms with Gasteiger partial charge in [0.15, 0.2) is 21.4 Å². The molecule has 39 heavy (non-hydrogen) atoms. The van der Waals surface area contributed by atoms with Gasteiger partial charge in [0.2, 0.25) is 0 Å². The molecular weight excluding hydrogens is 639 g/mol. The molecule has 0 unspecified atom stereocenters. The van der Waals surface area contributed by atoms with E-state index in [4.69, 9.17) is 62.1 Å². The average molecular weight is 655 g/mol. The Labute approximate surface area is 251 Å². The quantitative estimate of drug-likeness (QED) is 0.153. The summed E-state index contributed by atoms with van der Waals surface area (Å²) in [6.07, 6.45) is 0. The Balaban J connectivity index is 1.81. The zero-order chi connectivity index (χ0) is 27.1. The van der Waals surface area contributed by atoms with Crippen molar-refractivity contribution < 1.29 is 0 Å². The first-order valence-electron chi connectivity index (χ1n) is 11.6. The molecule has 2 heterocycles. The zero-order valence-electron chi connectivity index (χ0n) is 19.8. The van der Waals surface area contributed by atoms with Crippen LogP contribution in [-0.4, -0.2) is 19.1 Å². The van der Waals surface area contributed by atoms with Gasteiger partial charge in [0, 0.05) is 14.5 Å². The highest BCUT2D eigenvalue weighted by Gasteiger charge is 2.17. The third kappa shape index (κ3) is 5.06. The Hall–Kier alpha value is -3.27. The van der Waals surface area contributed by atoms with Gasteiger partial charge in [0.1, 0.15) is 0 Å². The second-order valence-electron chi connectivity index (χ2n) is 8.46. The molecule has 6 nitrogen and oxygen atoms in total. The lowest BCUT2D eigenvalue weighted by atomic mass is 10.3. The van der Waals surface area contributed by atoms with Crippen molar-refractivity contribution >= 4 is 91.0 Å². The maximum Gasteiger partial charge on any atom is 0.192 e. The first-order chi connectivity index (χ1) is 18.9. The summed E-state index contributed by atoms with van der Waals surface area (Å²) in [7, 11) is 0. The number of anilines is 1. The Morgan fingerprint density at radius 2 is 1.26 bits per heavy atom. The maximum atomic E-state index is 6.43. The first kappa shape index (κ1) is 26.0. The van der Waals surface area contributed by atoms with Crippen molar-refractivity contribution in [3.63, 3.8) is 0 Å². The van der Waals surface area contributed by atoms with Gasteiger partial charge in [0.25, 0.3) is 0 Å². The van der Waals surface area contributed by atoms with Crippen molar-refractivity contribution in [1.82, 2.24) is 19.1 Å². The van der Waals surface area contributed by atoms with Crippen LogP contribution in [0.15, 0.2) is 101 Å². The van der Waals surface area contributed by atoms with Crippen molar-refractivity contribution in [1.29, 1.82) is 0 Å². The molecule has 11 heteroatoms. The van der Waals surface area contributed by atoms with E-state index in [0.29, 0.717) is 53.2 Å². The summed E-state index contributed by atoms with van der Waals surface area (Å²) in [5.74, 6) is 0. The van der Waals surface area contributed by atoms with E-state index in [1.165, 1.54) is 0 Å². The summed E-state index contributed by atoms with van der Waals surface area (Å²) in [6.45, 7) is 0.